The highest BCUT2D eigenvalue weighted by molar-refractivity contribution is 5.17. The average Bonchev–Trinajstić information content (AvgIpc) is 2.88. The van der Waals surface area contributed by atoms with Gasteiger partial charge in [-0.15, -0.1) is 0 Å². The van der Waals surface area contributed by atoms with Gasteiger partial charge in [0, 0.05) is 6.54 Å². The first-order valence-electron chi connectivity index (χ1n) is 6.80. The van der Waals surface area contributed by atoms with E-state index < -0.39 is 0 Å². The van der Waals surface area contributed by atoms with Crippen molar-refractivity contribution in [3.8, 4) is 0 Å². The zero-order valence-electron chi connectivity index (χ0n) is 10.4. The van der Waals surface area contributed by atoms with Gasteiger partial charge in [-0.3, -0.25) is 0 Å². The molecule has 0 amide bonds. The molecule has 2 heteroatoms. The molecule has 0 spiro atoms. The first-order chi connectivity index (χ1) is 8.36. The number of hydrogen-bond acceptors (Lipinski definition) is 2. The first kappa shape index (κ1) is 12.6. The number of benzene rings is 1. The summed E-state index contributed by atoms with van der Waals surface area (Å²) in [6.07, 6.45) is 6.53. The van der Waals surface area contributed by atoms with E-state index in [4.69, 9.17) is 0 Å². The lowest BCUT2D eigenvalue weighted by Crippen LogP contribution is -2.23. The monoisotopic (exact) mass is 233 g/mol. The van der Waals surface area contributed by atoms with Gasteiger partial charge in [-0.25, -0.2) is 0 Å². The highest BCUT2D eigenvalue weighted by Gasteiger charge is 2.14. The highest BCUT2D eigenvalue weighted by Crippen LogP contribution is 2.26. The predicted molar refractivity (Wildman–Crippen MR) is 70.8 cm³/mol. The van der Waals surface area contributed by atoms with Gasteiger partial charge in [-0.05, 0) is 24.4 Å². The lowest BCUT2D eigenvalue weighted by atomic mass is 10.0. The van der Waals surface area contributed by atoms with E-state index in [-0.39, 0.29) is 6.10 Å². The molecule has 2 nitrogen and oxygen atoms in total. The summed E-state index contributed by atoms with van der Waals surface area (Å²) in [4.78, 5) is 0. The van der Waals surface area contributed by atoms with Crippen molar-refractivity contribution in [3.63, 3.8) is 0 Å². The summed E-state index contributed by atoms with van der Waals surface area (Å²) in [7, 11) is 0. The molecule has 2 rings (SSSR count). The summed E-state index contributed by atoms with van der Waals surface area (Å²) in [5.74, 6) is 0.927. The van der Waals surface area contributed by atoms with Gasteiger partial charge in [0.1, 0.15) is 0 Å². The van der Waals surface area contributed by atoms with Crippen LogP contribution >= 0.6 is 0 Å². The van der Waals surface area contributed by atoms with Crippen LogP contribution in [0.3, 0.4) is 0 Å². The molecule has 94 valence electrons. The Morgan fingerprint density at radius 3 is 2.59 bits per heavy atom. The molecule has 0 saturated heterocycles. The largest absolute Gasteiger partial charge is 0.387 e. The summed E-state index contributed by atoms with van der Waals surface area (Å²) in [6.45, 7) is 1.70. The van der Waals surface area contributed by atoms with Gasteiger partial charge in [-0.2, -0.15) is 0 Å². The van der Waals surface area contributed by atoms with Crippen molar-refractivity contribution in [2.45, 2.75) is 38.2 Å². The van der Waals surface area contributed by atoms with Crippen LogP contribution in [0.15, 0.2) is 30.3 Å². The average molecular weight is 233 g/mol. The van der Waals surface area contributed by atoms with Gasteiger partial charge >= 0.3 is 0 Å². The molecule has 1 atom stereocenters. The Balaban J connectivity index is 1.61. The molecule has 0 bridgehead atoms. The fourth-order valence-electron chi connectivity index (χ4n) is 2.64. The molecular formula is C15H23NO. The van der Waals surface area contributed by atoms with Crippen molar-refractivity contribution in [2.24, 2.45) is 5.92 Å². The van der Waals surface area contributed by atoms with E-state index in [0.717, 1.165) is 18.0 Å². The molecule has 0 heterocycles. The van der Waals surface area contributed by atoms with E-state index in [2.05, 4.69) is 5.32 Å². The maximum Gasteiger partial charge on any atom is 0.0914 e. The molecule has 0 aliphatic heterocycles. The molecule has 0 aromatic heterocycles. The Bertz CT molecular complexity index is 306. The Hall–Kier alpha value is -0.860. The predicted octanol–water partition coefficient (Wildman–Crippen LogP) is 2.89. The summed E-state index contributed by atoms with van der Waals surface area (Å²) in [5.41, 5.74) is 1.00. The Labute approximate surface area is 104 Å². The van der Waals surface area contributed by atoms with Gasteiger partial charge in [0.15, 0.2) is 0 Å². The zero-order valence-corrected chi connectivity index (χ0v) is 10.4. The van der Waals surface area contributed by atoms with Crippen LogP contribution in [0.5, 0.6) is 0 Å². The Morgan fingerprint density at radius 2 is 1.88 bits per heavy atom. The van der Waals surface area contributed by atoms with E-state index in [1.165, 1.54) is 32.1 Å². The molecule has 1 aliphatic rings. The van der Waals surface area contributed by atoms with Gasteiger partial charge < -0.3 is 10.4 Å². The molecule has 1 fully saturated rings. The fourth-order valence-corrected chi connectivity index (χ4v) is 2.64. The Kier molecular flexibility index (Phi) is 5.02. The molecule has 1 aliphatic carbocycles. The maximum absolute atomic E-state index is 9.95. The van der Waals surface area contributed by atoms with Crippen LogP contribution in [0, 0.1) is 5.92 Å². The third-order valence-corrected chi connectivity index (χ3v) is 3.73. The number of aliphatic hydroxyl groups is 1. The molecule has 1 aromatic carbocycles. The lowest BCUT2D eigenvalue weighted by Gasteiger charge is -2.13. The third kappa shape index (κ3) is 4.14. The van der Waals surface area contributed by atoms with Crippen LogP contribution in [0.1, 0.15) is 43.8 Å². The molecular weight excluding hydrogens is 210 g/mol. The van der Waals surface area contributed by atoms with Gasteiger partial charge in [-0.1, -0.05) is 56.0 Å². The lowest BCUT2D eigenvalue weighted by molar-refractivity contribution is 0.174. The second-order valence-electron chi connectivity index (χ2n) is 5.07. The highest BCUT2D eigenvalue weighted by atomic mass is 16.3. The van der Waals surface area contributed by atoms with Gasteiger partial charge in [0.05, 0.1) is 6.10 Å². The second-order valence-corrected chi connectivity index (χ2v) is 5.07. The molecule has 1 aromatic rings. The SMILES string of the molecule is OC(CNCCC1CCCC1)c1ccccc1. The van der Waals surface area contributed by atoms with Crippen molar-refractivity contribution < 1.29 is 5.11 Å². The zero-order chi connectivity index (χ0) is 11.9. The summed E-state index contributed by atoms with van der Waals surface area (Å²) >= 11 is 0. The summed E-state index contributed by atoms with van der Waals surface area (Å²) < 4.78 is 0. The fraction of sp³-hybridized carbons (Fsp3) is 0.600. The number of hydrogen-bond donors (Lipinski definition) is 2. The van der Waals surface area contributed by atoms with Crippen LogP contribution in [0.4, 0.5) is 0 Å². The molecule has 0 radical (unpaired) electrons. The summed E-state index contributed by atoms with van der Waals surface area (Å²) in [5, 5.41) is 13.3. The van der Waals surface area contributed by atoms with Gasteiger partial charge in [0.2, 0.25) is 0 Å². The smallest absolute Gasteiger partial charge is 0.0914 e. The molecule has 2 N–H and O–H groups in total. The van der Waals surface area contributed by atoms with E-state index >= 15 is 0 Å². The second kappa shape index (κ2) is 6.77. The third-order valence-electron chi connectivity index (χ3n) is 3.73. The van der Waals surface area contributed by atoms with Crippen molar-refractivity contribution in [3.05, 3.63) is 35.9 Å². The minimum Gasteiger partial charge on any atom is -0.387 e. The van der Waals surface area contributed by atoms with Gasteiger partial charge in [0.25, 0.3) is 0 Å². The van der Waals surface area contributed by atoms with Crippen molar-refractivity contribution >= 4 is 0 Å². The standard InChI is InChI=1S/C15H23NO/c17-15(14-8-2-1-3-9-14)12-16-11-10-13-6-4-5-7-13/h1-3,8-9,13,15-17H,4-7,10-12H2. The number of aliphatic hydroxyl groups excluding tert-OH is 1. The van der Waals surface area contributed by atoms with Crippen molar-refractivity contribution in [2.75, 3.05) is 13.1 Å². The van der Waals surface area contributed by atoms with Crippen LogP contribution in [0.2, 0.25) is 0 Å². The van der Waals surface area contributed by atoms with Crippen LogP contribution in [-0.4, -0.2) is 18.2 Å². The van der Waals surface area contributed by atoms with Crippen molar-refractivity contribution in [1.82, 2.24) is 5.32 Å². The minimum atomic E-state index is -0.375. The van der Waals surface area contributed by atoms with Crippen LogP contribution < -0.4 is 5.32 Å². The number of nitrogens with one attached hydrogen (secondary N) is 1. The van der Waals surface area contributed by atoms with Crippen LogP contribution in [-0.2, 0) is 0 Å². The normalized spacial score (nSPS) is 18.4. The topological polar surface area (TPSA) is 32.3 Å². The molecule has 1 saturated carbocycles. The summed E-state index contributed by atoms with van der Waals surface area (Å²) in [6, 6.07) is 9.87. The molecule has 1 unspecified atom stereocenters. The van der Waals surface area contributed by atoms with Crippen molar-refractivity contribution in [1.29, 1.82) is 0 Å². The van der Waals surface area contributed by atoms with E-state index in [0.29, 0.717) is 6.54 Å². The van der Waals surface area contributed by atoms with E-state index in [1.807, 2.05) is 30.3 Å². The maximum atomic E-state index is 9.95. The quantitative estimate of drug-likeness (QED) is 0.740. The van der Waals surface area contributed by atoms with E-state index in [9.17, 15) is 5.11 Å². The minimum absolute atomic E-state index is 0.375. The number of rotatable bonds is 6. The molecule has 17 heavy (non-hydrogen) atoms. The van der Waals surface area contributed by atoms with E-state index in [1.54, 1.807) is 0 Å². The first-order valence-corrected chi connectivity index (χ1v) is 6.80. The Morgan fingerprint density at radius 1 is 1.18 bits per heavy atom. The van der Waals surface area contributed by atoms with Crippen LogP contribution in [0.25, 0.3) is 0 Å².